The number of benzene rings is 3. The molecule has 5 rings (SSSR count). The fraction of sp³-hybridized carbons (Fsp3) is 0.133. The topological polar surface area (TPSA) is 62.7 Å². The molecule has 6 heteroatoms. The zero-order chi connectivity index (χ0) is 24.7. The molecule has 0 spiro atoms. The first-order valence-corrected chi connectivity index (χ1v) is 12.7. The maximum atomic E-state index is 13.2. The van der Waals surface area contributed by atoms with Crippen LogP contribution in [0.2, 0.25) is 0 Å². The summed E-state index contributed by atoms with van der Waals surface area (Å²) in [6, 6.07) is 28.9. The molecule has 1 aliphatic heterocycles. The van der Waals surface area contributed by atoms with Crippen molar-refractivity contribution in [3.8, 4) is 5.88 Å². The van der Waals surface area contributed by atoms with E-state index < -0.39 is 0 Å². The van der Waals surface area contributed by atoms with Gasteiger partial charge in [0.25, 0.3) is 0 Å². The average molecular weight is 495 g/mol. The summed E-state index contributed by atoms with van der Waals surface area (Å²) in [6.07, 6.45) is 3.64. The van der Waals surface area contributed by atoms with Gasteiger partial charge in [0, 0.05) is 24.2 Å². The fourth-order valence-electron chi connectivity index (χ4n) is 4.09. The molecule has 2 heterocycles. The third-order valence-corrected chi connectivity index (χ3v) is 7.10. The number of thiazole rings is 1. The molecule has 5 nitrogen and oxygen atoms in total. The molecule has 4 aromatic rings. The molecule has 0 saturated carbocycles. The molecule has 0 unspecified atom stereocenters. The van der Waals surface area contributed by atoms with E-state index in [2.05, 4.69) is 9.88 Å². The molecule has 0 radical (unpaired) electrons. The van der Waals surface area contributed by atoms with E-state index in [1.165, 1.54) is 11.3 Å². The fourth-order valence-corrected chi connectivity index (χ4v) is 5.14. The van der Waals surface area contributed by atoms with E-state index in [0.717, 1.165) is 40.5 Å². The lowest BCUT2D eigenvalue weighted by Crippen LogP contribution is -2.36. The monoisotopic (exact) mass is 494 g/mol. The normalized spacial score (nSPS) is 14.6. The number of hydrogen-bond donors (Lipinski definition) is 1. The number of ether oxygens (including phenoxy) is 1. The van der Waals surface area contributed by atoms with E-state index in [4.69, 9.17) is 4.74 Å². The average Bonchev–Trinajstić information content (AvgIpc) is 3.34. The molecule has 1 fully saturated rings. The van der Waals surface area contributed by atoms with Crippen molar-refractivity contribution in [2.24, 2.45) is 0 Å². The lowest BCUT2D eigenvalue weighted by molar-refractivity contribution is 0.104. The van der Waals surface area contributed by atoms with Crippen LogP contribution in [0.4, 0.5) is 5.13 Å². The number of ketones is 1. The molecule has 0 amide bonds. The highest BCUT2D eigenvalue weighted by Gasteiger charge is 2.22. The van der Waals surface area contributed by atoms with E-state index in [1.807, 2.05) is 97.1 Å². The van der Waals surface area contributed by atoms with Crippen molar-refractivity contribution in [2.75, 3.05) is 31.2 Å². The maximum absolute atomic E-state index is 13.2. The van der Waals surface area contributed by atoms with Crippen molar-refractivity contribution in [2.45, 2.75) is 0 Å². The molecule has 0 atom stereocenters. The Balaban J connectivity index is 1.64. The third-order valence-electron chi connectivity index (χ3n) is 5.96. The third kappa shape index (κ3) is 5.46. The number of rotatable bonds is 7. The van der Waals surface area contributed by atoms with Gasteiger partial charge < -0.3 is 14.7 Å². The number of morpholine rings is 1. The number of allylic oxidation sites excluding steroid dienone is 3. The van der Waals surface area contributed by atoms with E-state index in [-0.39, 0.29) is 11.7 Å². The van der Waals surface area contributed by atoms with Gasteiger partial charge in [-0.25, -0.2) is 0 Å². The molecule has 1 aromatic heterocycles. The predicted molar refractivity (Wildman–Crippen MR) is 146 cm³/mol. The van der Waals surface area contributed by atoms with Crippen molar-refractivity contribution < 1.29 is 14.6 Å². The molecule has 36 heavy (non-hydrogen) atoms. The minimum absolute atomic E-state index is 0.0154. The van der Waals surface area contributed by atoms with Gasteiger partial charge in [0.15, 0.2) is 10.9 Å². The Hall–Kier alpha value is -4.00. The summed E-state index contributed by atoms with van der Waals surface area (Å²) in [5, 5.41) is 11.7. The molecule has 1 aliphatic rings. The second-order valence-electron chi connectivity index (χ2n) is 8.37. The van der Waals surface area contributed by atoms with Gasteiger partial charge in [0.2, 0.25) is 5.88 Å². The zero-order valence-corrected chi connectivity index (χ0v) is 20.5. The van der Waals surface area contributed by atoms with Crippen LogP contribution in [0.25, 0.3) is 11.1 Å². The molecule has 180 valence electrons. The van der Waals surface area contributed by atoms with Crippen molar-refractivity contribution in [3.63, 3.8) is 0 Å². The van der Waals surface area contributed by atoms with Crippen molar-refractivity contribution in [3.05, 3.63) is 125 Å². The van der Waals surface area contributed by atoms with Gasteiger partial charge in [-0.2, -0.15) is 4.98 Å². The Labute approximate surface area is 214 Å². The number of nitrogens with zero attached hydrogens (tertiary/aromatic N) is 2. The quantitative estimate of drug-likeness (QED) is 0.192. The van der Waals surface area contributed by atoms with Crippen LogP contribution in [0, 0.1) is 0 Å². The lowest BCUT2D eigenvalue weighted by Gasteiger charge is -2.25. The molecule has 0 bridgehead atoms. The number of aromatic nitrogens is 1. The van der Waals surface area contributed by atoms with Crippen LogP contribution in [0.5, 0.6) is 5.88 Å². The van der Waals surface area contributed by atoms with Gasteiger partial charge in [-0.1, -0.05) is 102 Å². The Bertz CT molecular complexity index is 1370. The SMILES string of the molecule is O=C(C=C(C=C(c1ccccc1)c1sc(N2CCOCC2)nc1O)c1ccccc1)c1ccccc1. The van der Waals surface area contributed by atoms with Gasteiger partial charge in [0.1, 0.15) is 4.88 Å². The minimum Gasteiger partial charge on any atom is -0.492 e. The highest BCUT2D eigenvalue weighted by Crippen LogP contribution is 2.40. The van der Waals surface area contributed by atoms with E-state index >= 15 is 0 Å². The van der Waals surface area contributed by atoms with E-state index in [9.17, 15) is 9.90 Å². The van der Waals surface area contributed by atoms with Gasteiger partial charge in [-0.3, -0.25) is 4.79 Å². The smallest absolute Gasteiger partial charge is 0.232 e. The van der Waals surface area contributed by atoms with E-state index in [0.29, 0.717) is 23.7 Å². The second-order valence-corrected chi connectivity index (χ2v) is 9.35. The Morgan fingerprint density at radius 3 is 1.97 bits per heavy atom. The highest BCUT2D eigenvalue weighted by molar-refractivity contribution is 7.17. The summed E-state index contributed by atoms with van der Waals surface area (Å²) in [4.78, 5) is 20.5. The zero-order valence-electron chi connectivity index (χ0n) is 19.7. The van der Waals surface area contributed by atoms with Crippen LogP contribution in [0.15, 0.2) is 103 Å². The molecular weight excluding hydrogens is 468 g/mol. The Morgan fingerprint density at radius 1 is 0.806 bits per heavy atom. The molecule has 0 aliphatic carbocycles. The summed E-state index contributed by atoms with van der Waals surface area (Å²) in [5.41, 5.74) is 4.02. The van der Waals surface area contributed by atoms with Crippen LogP contribution in [-0.2, 0) is 4.74 Å². The van der Waals surface area contributed by atoms with Crippen LogP contribution < -0.4 is 4.90 Å². The number of anilines is 1. The first-order chi connectivity index (χ1) is 17.7. The van der Waals surface area contributed by atoms with Gasteiger partial charge >= 0.3 is 0 Å². The molecule has 1 N–H and O–H groups in total. The first-order valence-electron chi connectivity index (χ1n) is 11.9. The molecular formula is C30H26N2O3S. The summed E-state index contributed by atoms with van der Waals surface area (Å²) in [7, 11) is 0. The molecule has 1 saturated heterocycles. The second kappa shape index (κ2) is 11.2. The van der Waals surface area contributed by atoms with Gasteiger partial charge in [0.05, 0.1) is 13.2 Å². The van der Waals surface area contributed by atoms with Crippen molar-refractivity contribution >= 4 is 33.4 Å². The van der Waals surface area contributed by atoms with Crippen LogP contribution in [-0.4, -0.2) is 42.2 Å². The number of carbonyl (C=O) groups excluding carboxylic acids is 1. The number of hydrogen-bond acceptors (Lipinski definition) is 6. The molecule has 3 aromatic carbocycles. The number of aromatic hydroxyl groups is 1. The van der Waals surface area contributed by atoms with Gasteiger partial charge in [-0.15, -0.1) is 0 Å². The Kier molecular flexibility index (Phi) is 7.36. The number of carbonyl (C=O) groups is 1. The first kappa shape index (κ1) is 23.7. The maximum Gasteiger partial charge on any atom is 0.232 e. The van der Waals surface area contributed by atoms with Crippen molar-refractivity contribution in [1.29, 1.82) is 0 Å². The summed E-state index contributed by atoms with van der Waals surface area (Å²) in [6.45, 7) is 2.74. The van der Waals surface area contributed by atoms with Gasteiger partial charge in [-0.05, 0) is 28.9 Å². The Morgan fingerprint density at radius 2 is 1.36 bits per heavy atom. The van der Waals surface area contributed by atoms with Crippen molar-refractivity contribution in [1.82, 2.24) is 4.98 Å². The standard InChI is InChI=1S/C30H26N2O3S/c33-27(24-14-8-3-9-15-24)21-25(22-10-4-1-5-11-22)20-26(23-12-6-2-7-13-23)28-29(34)31-30(36-28)32-16-18-35-19-17-32/h1-15,20-21,34H,16-19H2. The summed E-state index contributed by atoms with van der Waals surface area (Å²) < 4.78 is 5.47. The van der Waals surface area contributed by atoms with Crippen LogP contribution in [0.3, 0.4) is 0 Å². The summed E-state index contributed by atoms with van der Waals surface area (Å²) in [5.74, 6) is -0.0981. The largest absolute Gasteiger partial charge is 0.492 e. The van der Waals surface area contributed by atoms with Crippen LogP contribution in [0.1, 0.15) is 26.4 Å². The predicted octanol–water partition coefficient (Wildman–Crippen LogP) is 6.08. The highest BCUT2D eigenvalue weighted by atomic mass is 32.1. The minimum atomic E-state index is -0.0827. The summed E-state index contributed by atoms with van der Waals surface area (Å²) >= 11 is 1.45. The van der Waals surface area contributed by atoms with Crippen LogP contribution >= 0.6 is 11.3 Å². The lowest BCUT2D eigenvalue weighted by atomic mass is 9.96. The van der Waals surface area contributed by atoms with E-state index in [1.54, 1.807) is 6.08 Å².